The van der Waals surface area contributed by atoms with Gasteiger partial charge in [0, 0.05) is 17.7 Å². The summed E-state index contributed by atoms with van der Waals surface area (Å²) in [6.45, 7) is 9.31. The zero-order valence-corrected chi connectivity index (χ0v) is 12.3. The Labute approximate surface area is 115 Å². The van der Waals surface area contributed by atoms with Crippen molar-refractivity contribution in [2.75, 3.05) is 6.54 Å². The van der Waals surface area contributed by atoms with E-state index in [-0.39, 0.29) is 10.6 Å². The molecule has 2 unspecified atom stereocenters. The summed E-state index contributed by atoms with van der Waals surface area (Å²) < 4.78 is 0. The molecule has 0 aliphatic rings. The van der Waals surface area contributed by atoms with Crippen LogP contribution in [-0.4, -0.2) is 17.5 Å². The molecule has 2 atom stereocenters. The van der Waals surface area contributed by atoms with Gasteiger partial charge in [0.2, 0.25) is 0 Å². The number of benzene rings is 1. The Morgan fingerprint density at radius 2 is 2.05 bits per heavy atom. The summed E-state index contributed by atoms with van der Waals surface area (Å²) in [4.78, 5) is 10.5. The lowest BCUT2D eigenvalue weighted by Gasteiger charge is -2.24. The summed E-state index contributed by atoms with van der Waals surface area (Å²) in [6.07, 6.45) is 2.17. The summed E-state index contributed by atoms with van der Waals surface area (Å²) >= 11 is 0. The van der Waals surface area contributed by atoms with Crippen LogP contribution in [0.3, 0.4) is 0 Å². The molecule has 0 fully saturated rings. The van der Waals surface area contributed by atoms with Crippen LogP contribution in [0, 0.1) is 17.0 Å². The van der Waals surface area contributed by atoms with Gasteiger partial charge in [0.05, 0.1) is 4.92 Å². The van der Waals surface area contributed by atoms with Crippen LogP contribution in [0.1, 0.15) is 50.7 Å². The van der Waals surface area contributed by atoms with E-state index in [2.05, 4.69) is 26.1 Å². The van der Waals surface area contributed by atoms with Gasteiger partial charge in [-0.05, 0) is 43.9 Å². The van der Waals surface area contributed by atoms with Gasteiger partial charge < -0.3 is 5.32 Å². The van der Waals surface area contributed by atoms with Gasteiger partial charge in [0.25, 0.3) is 5.69 Å². The Balaban J connectivity index is 2.89. The third kappa shape index (κ3) is 4.03. The quantitative estimate of drug-likeness (QED) is 0.602. The monoisotopic (exact) mass is 264 g/mol. The van der Waals surface area contributed by atoms with Crippen molar-refractivity contribution < 1.29 is 4.92 Å². The van der Waals surface area contributed by atoms with Gasteiger partial charge in [-0.1, -0.05) is 26.8 Å². The summed E-state index contributed by atoms with van der Waals surface area (Å²) in [5.41, 5.74) is 2.10. The van der Waals surface area contributed by atoms with Gasteiger partial charge in [0.1, 0.15) is 0 Å². The molecule has 0 amide bonds. The van der Waals surface area contributed by atoms with E-state index in [1.807, 2.05) is 12.1 Å². The van der Waals surface area contributed by atoms with Crippen LogP contribution in [0.4, 0.5) is 5.69 Å². The zero-order valence-electron chi connectivity index (χ0n) is 12.3. The maximum absolute atomic E-state index is 10.8. The average Bonchev–Trinajstić information content (AvgIpc) is 2.38. The van der Waals surface area contributed by atoms with Crippen LogP contribution in [0.25, 0.3) is 0 Å². The molecule has 4 nitrogen and oxygen atoms in total. The summed E-state index contributed by atoms with van der Waals surface area (Å²) in [6, 6.07) is 5.86. The lowest BCUT2D eigenvalue weighted by Crippen LogP contribution is -2.33. The van der Waals surface area contributed by atoms with Crippen molar-refractivity contribution in [2.24, 2.45) is 0 Å². The molecule has 0 spiro atoms. The van der Waals surface area contributed by atoms with Gasteiger partial charge in [-0.3, -0.25) is 10.1 Å². The number of hydrogen-bond donors (Lipinski definition) is 1. The van der Waals surface area contributed by atoms with Gasteiger partial charge in [-0.25, -0.2) is 0 Å². The first kappa shape index (κ1) is 15.6. The average molecular weight is 264 g/mol. The number of hydrogen-bond acceptors (Lipinski definition) is 3. The van der Waals surface area contributed by atoms with E-state index in [9.17, 15) is 10.1 Å². The minimum Gasteiger partial charge on any atom is -0.313 e. The number of rotatable bonds is 7. The maximum atomic E-state index is 10.8. The van der Waals surface area contributed by atoms with E-state index in [1.165, 1.54) is 5.56 Å². The highest BCUT2D eigenvalue weighted by Gasteiger charge is 2.19. The molecule has 0 heterocycles. The molecule has 4 heteroatoms. The molecule has 0 aliphatic carbocycles. The van der Waals surface area contributed by atoms with Crippen LogP contribution < -0.4 is 5.32 Å². The van der Waals surface area contributed by atoms with Gasteiger partial charge in [-0.15, -0.1) is 0 Å². The molecule has 106 valence electrons. The van der Waals surface area contributed by atoms with Crippen molar-refractivity contribution in [3.8, 4) is 0 Å². The van der Waals surface area contributed by atoms with Crippen molar-refractivity contribution in [1.82, 2.24) is 5.32 Å². The fourth-order valence-electron chi connectivity index (χ4n) is 2.40. The second-order valence-electron chi connectivity index (χ2n) is 5.06. The first-order valence-electron chi connectivity index (χ1n) is 6.99. The molecule has 1 aromatic rings. The molecule has 0 aliphatic heterocycles. The van der Waals surface area contributed by atoms with Crippen molar-refractivity contribution >= 4 is 5.69 Å². The predicted molar refractivity (Wildman–Crippen MR) is 78.6 cm³/mol. The van der Waals surface area contributed by atoms with Crippen molar-refractivity contribution in [1.29, 1.82) is 0 Å². The van der Waals surface area contributed by atoms with Crippen LogP contribution in [0.15, 0.2) is 18.2 Å². The topological polar surface area (TPSA) is 55.2 Å². The van der Waals surface area contributed by atoms with E-state index in [4.69, 9.17) is 0 Å². The molecule has 0 saturated heterocycles. The summed E-state index contributed by atoms with van der Waals surface area (Å²) in [7, 11) is 0. The van der Waals surface area contributed by atoms with E-state index in [1.54, 1.807) is 13.0 Å². The molecule has 0 bridgehead atoms. The van der Waals surface area contributed by atoms with Crippen LogP contribution in [-0.2, 0) is 0 Å². The number of nitro groups is 1. The summed E-state index contributed by atoms with van der Waals surface area (Å²) in [5.74, 6) is 0.357. The Morgan fingerprint density at radius 1 is 1.37 bits per heavy atom. The van der Waals surface area contributed by atoms with Gasteiger partial charge >= 0.3 is 0 Å². The fourth-order valence-corrected chi connectivity index (χ4v) is 2.40. The highest BCUT2D eigenvalue weighted by molar-refractivity contribution is 5.43. The number of aryl methyl sites for hydroxylation is 1. The third-order valence-corrected chi connectivity index (χ3v) is 3.64. The highest BCUT2D eigenvalue weighted by atomic mass is 16.6. The number of nitrogens with one attached hydrogen (secondary N) is 1. The van der Waals surface area contributed by atoms with Crippen molar-refractivity contribution in [3.63, 3.8) is 0 Å². The molecule has 1 N–H and O–H groups in total. The first-order chi connectivity index (χ1) is 9.01. The third-order valence-electron chi connectivity index (χ3n) is 3.64. The normalized spacial score (nSPS) is 14.1. The Hall–Kier alpha value is -1.42. The SMILES string of the molecule is CCCNC(CC)C(C)c1ccc([N+](=O)[O-])c(C)c1. The molecule has 1 aromatic carbocycles. The molecule has 1 rings (SSSR count). The van der Waals surface area contributed by atoms with E-state index >= 15 is 0 Å². The maximum Gasteiger partial charge on any atom is 0.272 e. The summed E-state index contributed by atoms with van der Waals surface area (Å²) in [5, 5.41) is 14.4. The number of nitrogens with zero attached hydrogens (tertiary/aromatic N) is 1. The Morgan fingerprint density at radius 3 is 2.53 bits per heavy atom. The lowest BCUT2D eigenvalue weighted by atomic mass is 9.90. The largest absolute Gasteiger partial charge is 0.313 e. The Bertz CT molecular complexity index is 432. The molecule has 0 aromatic heterocycles. The smallest absolute Gasteiger partial charge is 0.272 e. The Kier molecular flexibility index (Phi) is 5.96. The van der Waals surface area contributed by atoms with Crippen molar-refractivity contribution in [3.05, 3.63) is 39.4 Å². The number of nitro benzene ring substituents is 1. The second-order valence-corrected chi connectivity index (χ2v) is 5.06. The van der Waals surface area contributed by atoms with E-state index < -0.39 is 0 Å². The van der Waals surface area contributed by atoms with E-state index in [0.717, 1.165) is 24.9 Å². The minimum atomic E-state index is -0.323. The zero-order chi connectivity index (χ0) is 14.4. The molecule has 19 heavy (non-hydrogen) atoms. The standard InChI is InChI=1S/C15H24N2O2/c1-5-9-16-14(6-2)12(4)13-7-8-15(17(18)19)11(3)10-13/h7-8,10,12,14,16H,5-6,9H2,1-4H3. The predicted octanol–water partition coefficient (Wildman–Crippen LogP) is 3.78. The second kappa shape index (κ2) is 7.24. The molecular formula is C15H24N2O2. The highest BCUT2D eigenvalue weighted by Crippen LogP contribution is 2.26. The van der Waals surface area contributed by atoms with E-state index in [0.29, 0.717) is 12.0 Å². The van der Waals surface area contributed by atoms with Crippen LogP contribution in [0.2, 0.25) is 0 Å². The van der Waals surface area contributed by atoms with Gasteiger partial charge in [-0.2, -0.15) is 0 Å². The fraction of sp³-hybridized carbons (Fsp3) is 0.600. The minimum absolute atomic E-state index is 0.200. The van der Waals surface area contributed by atoms with Crippen LogP contribution in [0.5, 0.6) is 0 Å². The molecule has 0 radical (unpaired) electrons. The van der Waals surface area contributed by atoms with Crippen molar-refractivity contribution in [2.45, 2.75) is 52.5 Å². The van der Waals surface area contributed by atoms with Crippen LogP contribution >= 0.6 is 0 Å². The lowest BCUT2D eigenvalue weighted by molar-refractivity contribution is -0.385. The first-order valence-corrected chi connectivity index (χ1v) is 6.99. The molecule has 0 saturated carbocycles. The molecular weight excluding hydrogens is 240 g/mol. The van der Waals surface area contributed by atoms with Gasteiger partial charge in [0.15, 0.2) is 0 Å².